The molecule has 2 aromatic carbocycles. The van der Waals surface area contributed by atoms with Crippen LogP contribution in [-0.2, 0) is 4.74 Å². The van der Waals surface area contributed by atoms with Gasteiger partial charge in [-0.2, -0.15) is 0 Å². The van der Waals surface area contributed by atoms with Gasteiger partial charge in [0.15, 0.2) is 0 Å². The van der Waals surface area contributed by atoms with Crippen molar-refractivity contribution < 1.29 is 9.47 Å². The van der Waals surface area contributed by atoms with Crippen LogP contribution >= 0.6 is 0 Å². The van der Waals surface area contributed by atoms with Gasteiger partial charge in [-0.25, -0.2) is 0 Å². The second kappa shape index (κ2) is 9.88. The number of rotatable bonds is 8. The Morgan fingerprint density at radius 3 is 2.21 bits per heavy atom. The van der Waals surface area contributed by atoms with Crippen LogP contribution in [0, 0.1) is 0 Å². The molecule has 3 fully saturated rings. The third-order valence-corrected chi connectivity index (χ3v) is 7.93. The van der Waals surface area contributed by atoms with Gasteiger partial charge < -0.3 is 19.7 Å². The molecule has 1 unspecified atom stereocenters. The van der Waals surface area contributed by atoms with E-state index in [0.717, 1.165) is 57.7 Å². The fourth-order valence-corrected chi connectivity index (χ4v) is 5.71. The Morgan fingerprint density at radius 2 is 1.56 bits per heavy atom. The predicted molar refractivity (Wildman–Crippen MR) is 139 cm³/mol. The number of ether oxygens (including phenoxy) is 2. The highest BCUT2D eigenvalue weighted by molar-refractivity contribution is 5.59. The van der Waals surface area contributed by atoms with Crippen LogP contribution in [-0.4, -0.2) is 61.9 Å². The number of morpholine rings is 1. The number of para-hydroxylation sites is 2. The molecule has 34 heavy (non-hydrogen) atoms. The SMILES string of the molecule is CNCCC(Oc1ccccc1N1CCC2(CC1)CN(C(C)C)CC1(CC1)O2)c1ccccc1. The van der Waals surface area contributed by atoms with Crippen LogP contribution in [0.15, 0.2) is 54.6 Å². The summed E-state index contributed by atoms with van der Waals surface area (Å²) in [4.78, 5) is 5.17. The molecule has 184 valence electrons. The van der Waals surface area contributed by atoms with E-state index in [1.165, 1.54) is 24.1 Å². The Bertz CT molecular complexity index is 935. The van der Waals surface area contributed by atoms with Gasteiger partial charge in [0, 0.05) is 38.6 Å². The van der Waals surface area contributed by atoms with Gasteiger partial charge in [-0.3, -0.25) is 4.90 Å². The molecule has 1 saturated carbocycles. The van der Waals surface area contributed by atoms with Crippen LogP contribution in [0.4, 0.5) is 5.69 Å². The topological polar surface area (TPSA) is 37.0 Å². The number of hydrogen-bond donors (Lipinski definition) is 1. The molecule has 2 spiro atoms. The van der Waals surface area contributed by atoms with Crippen molar-refractivity contribution in [2.45, 2.75) is 69.3 Å². The summed E-state index contributed by atoms with van der Waals surface area (Å²) in [7, 11) is 2.00. The minimum atomic E-state index is 0.00465. The molecular formula is C29H41N3O2. The van der Waals surface area contributed by atoms with Crippen LogP contribution in [0.5, 0.6) is 5.75 Å². The average Bonchev–Trinajstić information content (AvgIpc) is 3.60. The molecule has 0 radical (unpaired) electrons. The largest absolute Gasteiger partial charge is 0.484 e. The smallest absolute Gasteiger partial charge is 0.143 e. The summed E-state index contributed by atoms with van der Waals surface area (Å²) >= 11 is 0. The van der Waals surface area contributed by atoms with Crippen LogP contribution in [0.2, 0.25) is 0 Å². The molecule has 5 rings (SSSR count). The van der Waals surface area contributed by atoms with E-state index in [0.29, 0.717) is 6.04 Å². The van der Waals surface area contributed by atoms with E-state index in [1.807, 2.05) is 7.05 Å². The van der Waals surface area contributed by atoms with Crippen LogP contribution in [0.3, 0.4) is 0 Å². The average molecular weight is 464 g/mol. The lowest BCUT2D eigenvalue weighted by Gasteiger charge is -2.52. The lowest BCUT2D eigenvalue weighted by molar-refractivity contribution is -0.183. The molecule has 0 bridgehead atoms. The van der Waals surface area contributed by atoms with Crippen molar-refractivity contribution in [3.05, 3.63) is 60.2 Å². The van der Waals surface area contributed by atoms with Gasteiger partial charge in [-0.15, -0.1) is 0 Å². The quantitative estimate of drug-likeness (QED) is 0.594. The van der Waals surface area contributed by atoms with Crippen molar-refractivity contribution in [1.29, 1.82) is 0 Å². The van der Waals surface area contributed by atoms with Gasteiger partial charge in [0.25, 0.3) is 0 Å². The van der Waals surface area contributed by atoms with Crippen molar-refractivity contribution in [3.8, 4) is 5.75 Å². The van der Waals surface area contributed by atoms with E-state index >= 15 is 0 Å². The van der Waals surface area contributed by atoms with Crippen molar-refractivity contribution in [1.82, 2.24) is 10.2 Å². The fourth-order valence-electron chi connectivity index (χ4n) is 5.71. The molecule has 0 amide bonds. The monoisotopic (exact) mass is 463 g/mol. The van der Waals surface area contributed by atoms with Gasteiger partial charge in [0.05, 0.1) is 16.9 Å². The number of benzene rings is 2. The first-order chi connectivity index (χ1) is 16.5. The van der Waals surface area contributed by atoms with Crippen LogP contribution < -0.4 is 15.0 Å². The molecular weight excluding hydrogens is 422 g/mol. The molecule has 2 saturated heterocycles. The maximum Gasteiger partial charge on any atom is 0.143 e. The molecule has 3 aliphatic rings. The minimum Gasteiger partial charge on any atom is -0.484 e. The number of nitrogens with zero attached hydrogens (tertiary/aromatic N) is 2. The van der Waals surface area contributed by atoms with E-state index in [4.69, 9.17) is 9.47 Å². The molecule has 2 aliphatic heterocycles. The zero-order valence-corrected chi connectivity index (χ0v) is 21.1. The number of piperidine rings is 1. The highest BCUT2D eigenvalue weighted by Gasteiger charge is 2.56. The van der Waals surface area contributed by atoms with Crippen LogP contribution in [0.1, 0.15) is 57.6 Å². The van der Waals surface area contributed by atoms with Gasteiger partial charge in [0.2, 0.25) is 0 Å². The Balaban J connectivity index is 1.30. The Labute approximate surface area is 205 Å². The summed E-state index contributed by atoms with van der Waals surface area (Å²) in [6.45, 7) is 9.77. The number of nitrogens with one attached hydrogen (secondary N) is 1. The van der Waals surface area contributed by atoms with E-state index < -0.39 is 0 Å². The van der Waals surface area contributed by atoms with Crippen molar-refractivity contribution in [2.24, 2.45) is 0 Å². The Hall–Kier alpha value is -2.08. The van der Waals surface area contributed by atoms with Crippen molar-refractivity contribution in [2.75, 3.05) is 44.7 Å². The fraction of sp³-hybridized carbons (Fsp3) is 0.586. The van der Waals surface area contributed by atoms with Gasteiger partial charge in [-0.05, 0) is 70.8 Å². The first-order valence-corrected chi connectivity index (χ1v) is 13.2. The maximum atomic E-state index is 6.87. The Kier molecular flexibility index (Phi) is 6.88. The van der Waals surface area contributed by atoms with E-state index in [9.17, 15) is 0 Å². The molecule has 5 nitrogen and oxygen atoms in total. The van der Waals surface area contributed by atoms with E-state index in [1.54, 1.807) is 0 Å². The molecule has 1 atom stereocenters. The number of anilines is 1. The summed E-state index contributed by atoms with van der Waals surface area (Å²) in [5.41, 5.74) is 2.58. The summed E-state index contributed by atoms with van der Waals surface area (Å²) in [5, 5.41) is 3.28. The summed E-state index contributed by atoms with van der Waals surface area (Å²) in [6.07, 6.45) is 5.57. The lowest BCUT2D eigenvalue weighted by atomic mass is 9.87. The van der Waals surface area contributed by atoms with Gasteiger partial charge in [-0.1, -0.05) is 42.5 Å². The van der Waals surface area contributed by atoms with Gasteiger partial charge in [0.1, 0.15) is 11.9 Å². The highest BCUT2D eigenvalue weighted by Crippen LogP contribution is 2.50. The highest BCUT2D eigenvalue weighted by atomic mass is 16.5. The third-order valence-electron chi connectivity index (χ3n) is 7.93. The second-order valence-electron chi connectivity index (χ2n) is 10.8. The zero-order valence-electron chi connectivity index (χ0n) is 21.1. The van der Waals surface area contributed by atoms with E-state index in [-0.39, 0.29) is 17.3 Å². The maximum absolute atomic E-state index is 6.87. The summed E-state index contributed by atoms with van der Waals surface area (Å²) in [6, 6.07) is 19.7. The summed E-state index contributed by atoms with van der Waals surface area (Å²) in [5.74, 6) is 0.982. The zero-order chi connectivity index (χ0) is 23.6. The first kappa shape index (κ1) is 23.7. The molecule has 2 heterocycles. The van der Waals surface area contributed by atoms with Gasteiger partial charge >= 0.3 is 0 Å². The van der Waals surface area contributed by atoms with Crippen LogP contribution in [0.25, 0.3) is 0 Å². The van der Waals surface area contributed by atoms with Crippen molar-refractivity contribution >= 4 is 5.69 Å². The third kappa shape index (κ3) is 5.12. The molecule has 0 aromatic heterocycles. The second-order valence-corrected chi connectivity index (χ2v) is 10.8. The standard InChI is InChI=1S/C29H41N3O2/c1-23(2)32-21-28(14-15-28)34-29(22-32)16-19-31(20-17-29)25-11-7-8-12-27(25)33-26(13-18-30-3)24-9-5-4-6-10-24/h4-12,23,26,30H,13-22H2,1-3H3. The lowest BCUT2D eigenvalue weighted by Crippen LogP contribution is -2.61. The van der Waals surface area contributed by atoms with E-state index in [2.05, 4.69) is 83.6 Å². The molecule has 1 N–H and O–H groups in total. The summed E-state index contributed by atoms with van der Waals surface area (Å²) < 4.78 is 13.6. The number of hydrogen-bond acceptors (Lipinski definition) is 5. The Morgan fingerprint density at radius 1 is 0.912 bits per heavy atom. The first-order valence-electron chi connectivity index (χ1n) is 13.2. The minimum absolute atomic E-state index is 0.00465. The predicted octanol–water partition coefficient (Wildman–Crippen LogP) is 5.03. The molecule has 5 heteroatoms. The van der Waals surface area contributed by atoms with Crippen molar-refractivity contribution in [3.63, 3.8) is 0 Å². The molecule has 2 aromatic rings. The molecule has 1 aliphatic carbocycles. The normalized spacial score (nSPS) is 22.3.